The second-order valence-electron chi connectivity index (χ2n) is 4.32. The number of fused-ring (bicyclic) bond motifs is 1. The molecule has 0 saturated carbocycles. The first kappa shape index (κ1) is 14.3. The van der Waals surface area contributed by atoms with Gasteiger partial charge in [-0.25, -0.2) is 12.4 Å². The maximum absolute atomic E-state index is 12.7. The van der Waals surface area contributed by atoms with Gasteiger partial charge in [0.05, 0.1) is 12.0 Å². The van der Waals surface area contributed by atoms with Crippen LogP contribution in [-0.4, -0.2) is 24.5 Å². The first-order valence-corrected chi connectivity index (χ1v) is 8.58. The lowest BCUT2D eigenvalue weighted by atomic mass is 10.3. The van der Waals surface area contributed by atoms with Gasteiger partial charge in [0.15, 0.2) is 5.65 Å². The van der Waals surface area contributed by atoms with Crippen molar-refractivity contribution in [3.05, 3.63) is 52.2 Å². The molecule has 0 atom stereocenters. The minimum atomic E-state index is -3.68. The van der Waals surface area contributed by atoms with E-state index in [1.807, 2.05) is 0 Å². The van der Waals surface area contributed by atoms with Crippen LogP contribution in [0.5, 0.6) is 5.88 Å². The molecule has 5 nitrogen and oxygen atoms in total. The van der Waals surface area contributed by atoms with Crippen molar-refractivity contribution < 1.29 is 13.2 Å². The molecule has 1 aromatic carbocycles. The Balaban J connectivity index is 2.30. The summed E-state index contributed by atoms with van der Waals surface area (Å²) in [5.74, 6) is 0.376. The second-order valence-corrected chi connectivity index (χ2v) is 7.29. The topological polar surface area (TPSA) is 61.2 Å². The molecule has 2 aromatic heterocycles. The molecule has 0 aliphatic heterocycles. The molecule has 0 amide bonds. The van der Waals surface area contributed by atoms with Crippen LogP contribution >= 0.6 is 22.6 Å². The fraction of sp³-hybridized carbons (Fsp3) is 0.0714. The number of hydrogen-bond donors (Lipinski definition) is 0. The van der Waals surface area contributed by atoms with Crippen LogP contribution in [0.4, 0.5) is 0 Å². The molecule has 0 aliphatic rings. The summed E-state index contributed by atoms with van der Waals surface area (Å²) in [4.78, 5) is 4.49. The van der Waals surface area contributed by atoms with E-state index in [4.69, 9.17) is 4.74 Å². The minimum absolute atomic E-state index is 0.225. The van der Waals surface area contributed by atoms with Crippen LogP contribution in [0, 0.1) is 3.57 Å². The highest BCUT2D eigenvalue weighted by molar-refractivity contribution is 14.1. The molecule has 0 unspecified atom stereocenters. The second kappa shape index (κ2) is 5.30. The van der Waals surface area contributed by atoms with Gasteiger partial charge in [0.25, 0.3) is 10.0 Å². The van der Waals surface area contributed by atoms with Crippen molar-refractivity contribution in [2.24, 2.45) is 0 Å². The van der Waals surface area contributed by atoms with Gasteiger partial charge in [0, 0.05) is 21.2 Å². The minimum Gasteiger partial charge on any atom is -0.481 e. The predicted octanol–water partition coefficient (Wildman–Crippen LogP) is 2.89. The molecule has 0 bridgehead atoms. The first-order chi connectivity index (χ1) is 10.0. The molecule has 2 heterocycles. The molecule has 3 rings (SSSR count). The molecule has 108 valence electrons. The van der Waals surface area contributed by atoms with Gasteiger partial charge in [0.1, 0.15) is 0 Å². The highest BCUT2D eigenvalue weighted by atomic mass is 127. The Hall–Kier alpha value is -1.61. The fourth-order valence-corrected chi connectivity index (χ4v) is 4.25. The smallest absolute Gasteiger partial charge is 0.269 e. The van der Waals surface area contributed by atoms with Gasteiger partial charge < -0.3 is 4.74 Å². The average Bonchev–Trinajstić information content (AvgIpc) is 2.85. The Kier molecular flexibility index (Phi) is 3.62. The Morgan fingerprint density at radius 2 is 1.86 bits per heavy atom. The maximum Gasteiger partial charge on any atom is 0.269 e. The number of nitrogens with zero attached hydrogens (tertiary/aromatic N) is 2. The van der Waals surface area contributed by atoms with E-state index in [1.165, 1.54) is 11.1 Å². The third-order valence-electron chi connectivity index (χ3n) is 3.06. The zero-order chi connectivity index (χ0) is 15.0. The van der Waals surface area contributed by atoms with Crippen molar-refractivity contribution in [2.45, 2.75) is 4.90 Å². The summed E-state index contributed by atoms with van der Waals surface area (Å²) in [5.41, 5.74) is 0.364. The van der Waals surface area contributed by atoms with Gasteiger partial charge in [-0.1, -0.05) is 18.2 Å². The van der Waals surface area contributed by atoms with E-state index in [9.17, 15) is 8.42 Å². The van der Waals surface area contributed by atoms with Crippen LogP contribution in [0.2, 0.25) is 0 Å². The van der Waals surface area contributed by atoms with Crippen LogP contribution in [0.15, 0.2) is 53.6 Å². The summed E-state index contributed by atoms with van der Waals surface area (Å²) >= 11 is 2.10. The third kappa shape index (κ3) is 2.40. The van der Waals surface area contributed by atoms with Crippen LogP contribution in [0.1, 0.15) is 0 Å². The molecule has 0 radical (unpaired) electrons. The van der Waals surface area contributed by atoms with E-state index in [0.717, 1.165) is 8.96 Å². The number of benzene rings is 1. The normalized spacial score (nSPS) is 11.7. The van der Waals surface area contributed by atoms with Crippen molar-refractivity contribution >= 4 is 43.6 Å². The van der Waals surface area contributed by atoms with Crippen molar-refractivity contribution in [3.63, 3.8) is 0 Å². The van der Waals surface area contributed by atoms with Gasteiger partial charge >= 0.3 is 0 Å². The lowest BCUT2D eigenvalue weighted by Crippen LogP contribution is -2.12. The van der Waals surface area contributed by atoms with E-state index in [0.29, 0.717) is 11.5 Å². The van der Waals surface area contributed by atoms with Crippen molar-refractivity contribution in [1.29, 1.82) is 0 Å². The largest absolute Gasteiger partial charge is 0.481 e. The Labute approximate surface area is 135 Å². The Morgan fingerprint density at radius 3 is 2.52 bits per heavy atom. The molecule has 0 fully saturated rings. The lowest BCUT2D eigenvalue weighted by Gasteiger charge is -2.07. The SMILES string of the molecule is COc1ccc2c(I)cn(S(=O)(=O)c3ccccc3)c2n1. The highest BCUT2D eigenvalue weighted by Gasteiger charge is 2.21. The van der Waals surface area contributed by atoms with Crippen LogP contribution in [-0.2, 0) is 10.0 Å². The predicted molar refractivity (Wildman–Crippen MR) is 88.0 cm³/mol. The lowest BCUT2D eigenvalue weighted by molar-refractivity contribution is 0.399. The number of hydrogen-bond acceptors (Lipinski definition) is 4. The summed E-state index contributed by atoms with van der Waals surface area (Å²) in [6.45, 7) is 0. The quantitative estimate of drug-likeness (QED) is 0.619. The van der Waals surface area contributed by atoms with Crippen LogP contribution in [0.3, 0.4) is 0 Å². The van der Waals surface area contributed by atoms with E-state index < -0.39 is 10.0 Å². The van der Waals surface area contributed by atoms with Gasteiger partial charge in [-0.2, -0.15) is 4.98 Å². The summed E-state index contributed by atoms with van der Waals surface area (Å²) < 4.78 is 32.6. The number of aromatic nitrogens is 2. The van der Waals surface area contributed by atoms with Crippen molar-refractivity contribution in [1.82, 2.24) is 8.96 Å². The van der Waals surface area contributed by atoms with E-state index in [1.54, 1.807) is 48.7 Å². The monoisotopic (exact) mass is 414 g/mol. The van der Waals surface area contributed by atoms with E-state index in [2.05, 4.69) is 27.6 Å². The molecule has 21 heavy (non-hydrogen) atoms. The number of methoxy groups -OCH3 is 1. The third-order valence-corrected chi connectivity index (χ3v) is 5.58. The first-order valence-electron chi connectivity index (χ1n) is 6.06. The standard InChI is InChI=1S/C14H11IN2O3S/c1-20-13-8-7-11-12(15)9-17(14(11)16-13)21(18,19)10-5-3-2-4-6-10/h2-9H,1H3. The highest BCUT2D eigenvalue weighted by Crippen LogP contribution is 2.27. The molecule has 0 aliphatic carbocycles. The molecule has 3 aromatic rings. The number of pyridine rings is 1. The summed E-state index contributed by atoms with van der Waals surface area (Å²) in [6.07, 6.45) is 1.57. The Bertz CT molecular complexity index is 905. The van der Waals surface area contributed by atoms with Gasteiger partial charge in [-0.15, -0.1) is 0 Å². The zero-order valence-electron chi connectivity index (χ0n) is 11.0. The molecule has 7 heteroatoms. The fourth-order valence-electron chi connectivity index (χ4n) is 2.02. The average molecular weight is 414 g/mol. The molecule has 0 saturated heterocycles. The van der Waals surface area contributed by atoms with Gasteiger partial charge in [-0.3, -0.25) is 0 Å². The molecule has 0 spiro atoms. The molecular formula is C14H11IN2O3S. The summed E-state index contributed by atoms with van der Waals surface area (Å²) in [7, 11) is -2.18. The van der Waals surface area contributed by atoms with E-state index in [-0.39, 0.29) is 4.90 Å². The molecule has 0 N–H and O–H groups in total. The van der Waals surface area contributed by atoms with Crippen molar-refractivity contribution in [3.8, 4) is 5.88 Å². The number of rotatable bonds is 3. The summed E-state index contributed by atoms with van der Waals surface area (Å²) in [5, 5.41) is 0.774. The summed E-state index contributed by atoms with van der Waals surface area (Å²) in [6, 6.07) is 11.8. The number of ether oxygens (including phenoxy) is 1. The van der Waals surface area contributed by atoms with Gasteiger partial charge in [0.2, 0.25) is 5.88 Å². The van der Waals surface area contributed by atoms with Crippen LogP contribution in [0.25, 0.3) is 11.0 Å². The number of halogens is 1. The molecular weight excluding hydrogens is 403 g/mol. The zero-order valence-corrected chi connectivity index (χ0v) is 14.0. The Morgan fingerprint density at radius 1 is 1.14 bits per heavy atom. The maximum atomic E-state index is 12.7. The van der Waals surface area contributed by atoms with E-state index >= 15 is 0 Å². The van der Waals surface area contributed by atoms with Gasteiger partial charge in [-0.05, 0) is 40.8 Å². The van der Waals surface area contributed by atoms with Crippen LogP contribution < -0.4 is 4.74 Å². The van der Waals surface area contributed by atoms with Crippen molar-refractivity contribution in [2.75, 3.05) is 7.11 Å².